The van der Waals surface area contributed by atoms with Crippen LogP contribution in [0, 0.1) is 0 Å². The topological polar surface area (TPSA) is 75.5 Å². The van der Waals surface area contributed by atoms with Gasteiger partial charge in [0.15, 0.2) is 5.82 Å². The van der Waals surface area contributed by atoms with Gasteiger partial charge in [-0.3, -0.25) is 4.79 Å². The number of rotatable bonds is 4. The molecule has 21 heavy (non-hydrogen) atoms. The normalized spacial score (nSPS) is 17.8. The smallest absolute Gasteiger partial charge is 0.263 e. The minimum atomic E-state index is -0.341. The molecular formula is C15H15N3O3. The lowest BCUT2D eigenvalue weighted by Crippen LogP contribution is -2.23. The van der Waals surface area contributed by atoms with E-state index in [2.05, 4.69) is 9.97 Å². The van der Waals surface area contributed by atoms with Gasteiger partial charge >= 0.3 is 0 Å². The van der Waals surface area contributed by atoms with Crippen molar-refractivity contribution >= 4 is 12.1 Å². The van der Waals surface area contributed by atoms with Gasteiger partial charge in [0, 0.05) is 31.0 Å². The summed E-state index contributed by atoms with van der Waals surface area (Å²) < 4.78 is 5.74. The number of β-amino-alcohol motifs (C(OH)–C–C–N with tert-alkyl or cyclic N) is 1. The summed E-state index contributed by atoms with van der Waals surface area (Å²) in [5.74, 6) is 1.60. The van der Waals surface area contributed by atoms with E-state index in [0.29, 0.717) is 36.0 Å². The highest BCUT2D eigenvalue weighted by atomic mass is 16.5. The van der Waals surface area contributed by atoms with Gasteiger partial charge in [-0.25, -0.2) is 9.97 Å². The van der Waals surface area contributed by atoms with E-state index in [4.69, 9.17) is 4.74 Å². The quantitative estimate of drug-likeness (QED) is 0.861. The van der Waals surface area contributed by atoms with Crippen molar-refractivity contribution in [3.63, 3.8) is 0 Å². The van der Waals surface area contributed by atoms with Crippen LogP contribution in [0.25, 0.3) is 0 Å². The van der Waals surface area contributed by atoms with Crippen molar-refractivity contribution in [3.8, 4) is 11.6 Å². The van der Waals surface area contributed by atoms with E-state index in [1.54, 1.807) is 36.7 Å². The standard InChI is InChI=1S/C15H15N3O3/c19-10-11-1-3-13(4-2-11)21-15-14(16-6-7-17-15)18-8-5-12(20)9-18/h1-4,6-7,10,12,20H,5,8-9H2. The Hall–Kier alpha value is -2.47. The number of aliphatic hydroxyl groups is 1. The second kappa shape index (κ2) is 5.88. The van der Waals surface area contributed by atoms with E-state index in [0.717, 1.165) is 12.8 Å². The molecule has 0 bridgehead atoms. The lowest BCUT2D eigenvalue weighted by atomic mass is 10.2. The fourth-order valence-electron chi connectivity index (χ4n) is 2.27. The molecule has 0 saturated carbocycles. The fraction of sp³-hybridized carbons (Fsp3) is 0.267. The van der Waals surface area contributed by atoms with Gasteiger partial charge in [-0.1, -0.05) is 0 Å². The van der Waals surface area contributed by atoms with Crippen LogP contribution in [0.2, 0.25) is 0 Å². The van der Waals surface area contributed by atoms with Crippen LogP contribution in [0.3, 0.4) is 0 Å². The maximum atomic E-state index is 10.6. The van der Waals surface area contributed by atoms with Crippen LogP contribution >= 0.6 is 0 Å². The van der Waals surface area contributed by atoms with Gasteiger partial charge in [0.05, 0.1) is 6.10 Å². The molecule has 1 fully saturated rings. The highest BCUT2D eigenvalue weighted by molar-refractivity contribution is 5.74. The number of aldehydes is 1. The first-order chi connectivity index (χ1) is 10.3. The minimum absolute atomic E-state index is 0.341. The largest absolute Gasteiger partial charge is 0.436 e. The monoisotopic (exact) mass is 285 g/mol. The van der Waals surface area contributed by atoms with Crippen LogP contribution in [0.15, 0.2) is 36.7 Å². The molecule has 0 aliphatic carbocycles. The molecule has 3 rings (SSSR count). The van der Waals surface area contributed by atoms with Crippen molar-refractivity contribution in [3.05, 3.63) is 42.2 Å². The summed E-state index contributed by atoms with van der Waals surface area (Å²) in [5, 5.41) is 9.64. The second-order valence-electron chi connectivity index (χ2n) is 4.86. The molecule has 0 amide bonds. The van der Waals surface area contributed by atoms with E-state index in [1.165, 1.54) is 0 Å². The second-order valence-corrected chi connectivity index (χ2v) is 4.86. The Labute approximate surface area is 122 Å². The van der Waals surface area contributed by atoms with Crippen LogP contribution in [0.5, 0.6) is 11.6 Å². The van der Waals surface area contributed by atoms with Crippen molar-refractivity contribution < 1.29 is 14.6 Å². The van der Waals surface area contributed by atoms with E-state index in [9.17, 15) is 9.90 Å². The first-order valence-corrected chi connectivity index (χ1v) is 6.73. The maximum Gasteiger partial charge on any atom is 0.263 e. The lowest BCUT2D eigenvalue weighted by molar-refractivity contribution is 0.112. The van der Waals surface area contributed by atoms with Crippen LogP contribution in [-0.4, -0.2) is 40.6 Å². The number of benzene rings is 1. The third-order valence-electron chi connectivity index (χ3n) is 3.34. The molecule has 2 heterocycles. The zero-order valence-corrected chi connectivity index (χ0v) is 11.3. The predicted molar refractivity (Wildman–Crippen MR) is 76.8 cm³/mol. The summed E-state index contributed by atoms with van der Waals surface area (Å²) >= 11 is 0. The number of aliphatic hydroxyl groups excluding tert-OH is 1. The molecular weight excluding hydrogens is 270 g/mol. The number of carbonyl (C=O) groups excluding carboxylic acids is 1. The molecule has 1 aromatic heterocycles. The zero-order chi connectivity index (χ0) is 14.7. The highest BCUT2D eigenvalue weighted by Crippen LogP contribution is 2.30. The summed E-state index contributed by atoms with van der Waals surface area (Å²) in [4.78, 5) is 21.1. The number of aromatic nitrogens is 2. The van der Waals surface area contributed by atoms with Crippen molar-refractivity contribution in [2.24, 2.45) is 0 Å². The highest BCUT2D eigenvalue weighted by Gasteiger charge is 2.24. The van der Waals surface area contributed by atoms with Crippen LogP contribution in [-0.2, 0) is 0 Å². The van der Waals surface area contributed by atoms with Crippen molar-refractivity contribution in [1.29, 1.82) is 0 Å². The molecule has 6 nitrogen and oxygen atoms in total. The van der Waals surface area contributed by atoms with Gasteiger partial charge in [0.25, 0.3) is 5.88 Å². The van der Waals surface area contributed by atoms with Crippen molar-refractivity contribution in [1.82, 2.24) is 9.97 Å². The summed E-state index contributed by atoms with van der Waals surface area (Å²) in [6, 6.07) is 6.78. The Morgan fingerprint density at radius 3 is 2.67 bits per heavy atom. The molecule has 0 spiro atoms. The van der Waals surface area contributed by atoms with E-state index < -0.39 is 0 Å². The Morgan fingerprint density at radius 2 is 2.00 bits per heavy atom. The summed E-state index contributed by atoms with van der Waals surface area (Å²) in [7, 11) is 0. The zero-order valence-electron chi connectivity index (χ0n) is 11.3. The molecule has 1 aliphatic heterocycles. The molecule has 2 aromatic rings. The van der Waals surface area contributed by atoms with Gasteiger partial charge in [0.1, 0.15) is 12.0 Å². The Morgan fingerprint density at radius 1 is 1.24 bits per heavy atom. The van der Waals surface area contributed by atoms with E-state index in [-0.39, 0.29) is 6.10 Å². The molecule has 108 valence electrons. The van der Waals surface area contributed by atoms with Gasteiger partial charge in [-0.05, 0) is 30.7 Å². The molecule has 6 heteroatoms. The van der Waals surface area contributed by atoms with Crippen LogP contribution in [0.4, 0.5) is 5.82 Å². The van der Waals surface area contributed by atoms with E-state index >= 15 is 0 Å². The van der Waals surface area contributed by atoms with Gasteiger partial charge in [0.2, 0.25) is 0 Å². The van der Waals surface area contributed by atoms with Gasteiger partial charge in [-0.15, -0.1) is 0 Å². The number of anilines is 1. The number of hydrogen-bond donors (Lipinski definition) is 1. The van der Waals surface area contributed by atoms with Gasteiger partial charge < -0.3 is 14.7 Å². The fourth-order valence-corrected chi connectivity index (χ4v) is 2.27. The third-order valence-corrected chi connectivity index (χ3v) is 3.34. The first-order valence-electron chi connectivity index (χ1n) is 6.73. The van der Waals surface area contributed by atoms with Crippen molar-refractivity contribution in [2.45, 2.75) is 12.5 Å². The Balaban J connectivity index is 1.83. The molecule has 0 radical (unpaired) electrons. The molecule has 1 unspecified atom stereocenters. The Kier molecular flexibility index (Phi) is 3.79. The molecule has 1 aliphatic rings. The number of nitrogens with zero attached hydrogens (tertiary/aromatic N) is 3. The van der Waals surface area contributed by atoms with E-state index in [1.807, 2.05) is 4.90 Å². The summed E-state index contributed by atoms with van der Waals surface area (Å²) in [6.07, 6.45) is 4.31. The Bertz CT molecular complexity index is 630. The summed E-state index contributed by atoms with van der Waals surface area (Å²) in [5.41, 5.74) is 0.587. The number of ether oxygens (including phenoxy) is 1. The number of carbonyl (C=O) groups is 1. The SMILES string of the molecule is O=Cc1ccc(Oc2nccnc2N2CCC(O)C2)cc1. The average Bonchev–Trinajstić information content (AvgIpc) is 2.95. The van der Waals surface area contributed by atoms with Gasteiger partial charge in [-0.2, -0.15) is 0 Å². The third kappa shape index (κ3) is 3.00. The minimum Gasteiger partial charge on any atom is -0.436 e. The van der Waals surface area contributed by atoms with Crippen LogP contribution < -0.4 is 9.64 Å². The molecule has 1 atom stereocenters. The summed E-state index contributed by atoms with van der Waals surface area (Å²) in [6.45, 7) is 1.25. The van der Waals surface area contributed by atoms with Crippen LogP contribution in [0.1, 0.15) is 16.8 Å². The first kappa shape index (κ1) is 13.5. The number of hydrogen-bond acceptors (Lipinski definition) is 6. The maximum absolute atomic E-state index is 10.6. The predicted octanol–water partition coefficient (Wildman–Crippen LogP) is 1.65. The molecule has 1 N–H and O–H groups in total. The average molecular weight is 285 g/mol. The molecule has 1 aromatic carbocycles. The van der Waals surface area contributed by atoms with Crippen molar-refractivity contribution in [2.75, 3.05) is 18.0 Å². The molecule has 1 saturated heterocycles. The lowest BCUT2D eigenvalue weighted by Gasteiger charge is -2.18.